The van der Waals surface area contributed by atoms with Crippen LogP contribution in [0.2, 0.25) is 0 Å². The molecule has 1 aromatic carbocycles. The molecule has 1 fully saturated rings. The van der Waals surface area contributed by atoms with E-state index in [1.165, 1.54) is 16.8 Å². The Labute approximate surface area is 214 Å². The van der Waals surface area contributed by atoms with Crippen LogP contribution in [0.15, 0.2) is 66.6 Å². The first-order valence-corrected chi connectivity index (χ1v) is 13.3. The number of aromatic nitrogens is 2. The minimum Gasteiger partial charge on any atom is -0.462 e. The van der Waals surface area contributed by atoms with E-state index in [4.69, 9.17) is 9.72 Å². The van der Waals surface area contributed by atoms with E-state index < -0.39 is 6.10 Å². The summed E-state index contributed by atoms with van der Waals surface area (Å²) in [6.07, 6.45) is 13.2. The number of benzene rings is 1. The summed E-state index contributed by atoms with van der Waals surface area (Å²) < 4.78 is 6.07. The number of nitrogens with zero attached hydrogens (tertiary/aromatic N) is 2. The van der Waals surface area contributed by atoms with Crippen molar-refractivity contribution in [1.29, 1.82) is 0 Å². The van der Waals surface area contributed by atoms with Gasteiger partial charge in [0.15, 0.2) is 5.13 Å². The van der Waals surface area contributed by atoms with Gasteiger partial charge in [0.25, 0.3) is 0 Å². The lowest BCUT2D eigenvalue weighted by atomic mass is 9.88. The van der Waals surface area contributed by atoms with Crippen LogP contribution in [-0.4, -0.2) is 40.6 Å². The zero-order chi connectivity index (χ0) is 24.6. The highest BCUT2D eigenvalue weighted by atomic mass is 32.1. The fourth-order valence-corrected chi connectivity index (χ4v) is 6.24. The van der Waals surface area contributed by atoms with Gasteiger partial charge in [0.05, 0.1) is 10.6 Å². The van der Waals surface area contributed by atoms with Gasteiger partial charge in [-0.1, -0.05) is 36.5 Å². The smallest absolute Gasteiger partial charge is 0.186 e. The van der Waals surface area contributed by atoms with Crippen molar-refractivity contribution in [2.24, 2.45) is 11.8 Å². The van der Waals surface area contributed by atoms with Crippen LogP contribution in [0.25, 0.3) is 16.8 Å². The van der Waals surface area contributed by atoms with Gasteiger partial charge in [-0.2, -0.15) is 0 Å². The van der Waals surface area contributed by atoms with Gasteiger partial charge in [-0.15, -0.1) is 0 Å². The van der Waals surface area contributed by atoms with E-state index in [0.717, 1.165) is 52.0 Å². The van der Waals surface area contributed by atoms with Crippen molar-refractivity contribution in [1.82, 2.24) is 9.97 Å². The second-order valence-electron chi connectivity index (χ2n) is 9.82. The Kier molecular flexibility index (Phi) is 6.11. The van der Waals surface area contributed by atoms with Gasteiger partial charge in [0, 0.05) is 48.4 Å². The molecule has 3 heterocycles. The normalized spacial score (nSPS) is 20.3. The Balaban J connectivity index is 1.34. The summed E-state index contributed by atoms with van der Waals surface area (Å²) in [5.74, 6) is 2.19. The molecule has 6 nitrogen and oxygen atoms in total. The summed E-state index contributed by atoms with van der Waals surface area (Å²) in [5.41, 5.74) is 5.71. The average Bonchev–Trinajstić information content (AvgIpc) is 3.51. The molecular weight excluding hydrogens is 470 g/mol. The van der Waals surface area contributed by atoms with Crippen molar-refractivity contribution in [2.75, 3.05) is 18.0 Å². The molecule has 36 heavy (non-hydrogen) atoms. The van der Waals surface area contributed by atoms with Gasteiger partial charge >= 0.3 is 0 Å². The Morgan fingerprint density at radius 3 is 2.83 bits per heavy atom. The minimum atomic E-state index is -0.910. The van der Waals surface area contributed by atoms with E-state index >= 15 is 0 Å². The highest BCUT2D eigenvalue weighted by molar-refractivity contribution is 7.17. The second kappa shape index (κ2) is 9.56. The number of allylic oxidation sites excluding steroid dienone is 5. The lowest BCUT2D eigenvalue weighted by molar-refractivity contribution is -0.117. The number of ether oxygens (including phenoxy) is 1. The molecule has 0 spiro atoms. The van der Waals surface area contributed by atoms with E-state index in [1.807, 2.05) is 30.5 Å². The molecule has 184 valence electrons. The summed E-state index contributed by atoms with van der Waals surface area (Å²) >= 11 is 1.68. The maximum Gasteiger partial charge on any atom is 0.186 e. The second-order valence-corrected chi connectivity index (χ2v) is 10.8. The number of anilines is 1. The number of carbonyl (C=O) groups is 1. The summed E-state index contributed by atoms with van der Waals surface area (Å²) in [4.78, 5) is 22.8. The topological polar surface area (TPSA) is 78.4 Å². The number of aliphatic hydroxyl groups excluding tert-OH is 1. The predicted molar refractivity (Wildman–Crippen MR) is 143 cm³/mol. The van der Waals surface area contributed by atoms with Gasteiger partial charge in [0.1, 0.15) is 23.9 Å². The van der Waals surface area contributed by atoms with Crippen LogP contribution in [0.3, 0.4) is 0 Å². The first-order chi connectivity index (χ1) is 17.6. The molecular formula is C29H29N3O3S. The van der Waals surface area contributed by atoms with Crippen LogP contribution in [0.4, 0.5) is 5.13 Å². The van der Waals surface area contributed by atoms with E-state index in [0.29, 0.717) is 25.3 Å². The number of rotatable bonds is 7. The number of aldehydes is 1. The Morgan fingerprint density at radius 2 is 2.08 bits per heavy atom. The van der Waals surface area contributed by atoms with E-state index in [-0.39, 0.29) is 5.92 Å². The molecule has 1 aliphatic heterocycles. The molecule has 2 aromatic heterocycles. The molecule has 1 saturated heterocycles. The monoisotopic (exact) mass is 499 g/mol. The molecule has 3 aromatic rings. The summed E-state index contributed by atoms with van der Waals surface area (Å²) in [6, 6.07) is 10.3. The van der Waals surface area contributed by atoms with Crippen molar-refractivity contribution < 1.29 is 14.6 Å². The van der Waals surface area contributed by atoms with Gasteiger partial charge in [0.2, 0.25) is 0 Å². The molecule has 2 atom stereocenters. The maximum atomic E-state index is 11.0. The van der Waals surface area contributed by atoms with E-state index in [2.05, 4.69) is 47.2 Å². The zero-order valence-corrected chi connectivity index (χ0v) is 21.0. The largest absolute Gasteiger partial charge is 0.462 e. The van der Waals surface area contributed by atoms with E-state index in [9.17, 15) is 9.90 Å². The van der Waals surface area contributed by atoms with Crippen LogP contribution in [0.1, 0.15) is 35.9 Å². The van der Waals surface area contributed by atoms with Gasteiger partial charge in [-0.3, -0.25) is 0 Å². The lowest BCUT2D eigenvalue weighted by Gasteiger charge is -2.40. The molecule has 0 bridgehead atoms. The SMILES string of the molecule is CC1C=C(c2sc(N3CC(C(O)C=O)C3)nc2-c2ccc(OC3=CC=CCC3)cc2)c2cc[nH]c2C1. The quantitative estimate of drug-likeness (QED) is 0.427. The van der Waals surface area contributed by atoms with Crippen molar-refractivity contribution in [2.45, 2.75) is 32.3 Å². The molecule has 7 heteroatoms. The van der Waals surface area contributed by atoms with Crippen LogP contribution >= 0.6 is 11.3 Å². The third-order valence-corrected chi connectivity index (χ3v) is 8.27. The maximum absolute atomic E-state index is 11.0. The standard InChI is InChI=1S/C29H29N3O3S/c1-18-13-24(23-11-12-30-25(23)14-18)28-27(31-29(36-28)32-15-20(16-32)26(34)17-33)19-7-9-22(10-8-19)35-21-5-3-2-4-6-21/h2-3,5,7-13,17-18,20,26,30,34H,4,6,14-16H2,1H3. The molecule has 2 aliphatic carbocycles. The molecule has 0 radical (unpaired) electrons. The van der Waals surface area contributed by atoms with Crippen molar-refractivity contribution in [3.05, 3.63) is 82.7 Å². The first-order valence-electron chi connectivity index (χ1n) is 12.5. The molecule has 2 unspecified atom stereocenters. The number of nitrogens with one attached hydrogen (secondary N) is 1. The highest BCUT2D eigenvalue weighted by Crippen LogP contribution is 2.44. The highest BCUT2D eigenvalue weighted by Gasteiger charge is 2.35. The van der Waals surface area contributed by atoms with Gasteiger partial charge in [-0.05, 0) is 60.7 Å². The Bertz CT molecular complexity index is 1360. The fourth-order valence-electron chi connectivity index (χ4n) is 5.09. The number of carbonyl (C=O) groups excluding carboxylic acids is 1. The number of fused-ring (bicyclic) bond motifs is 1. The number of aromatic amines is 1. The zero-order valence-electron chi connectivity index (χ0n) is 20.2. The first kappa shape index (κ1) is 23.0. The van der Waals surface area contributed by atoms with Gasteiger partial charge < -0.3 is 24.5 Å². The average molecular weight is 500 g/mol. The number of hydrogen-bond donors (Lipinski definition) is 2. The number of aliphatic hydroxyl groups is 1. The summed E-state index contributed by atoms with van der Waals surface area (Å²) in [5, 5.41) is 10.8. The lowest BCUT2D eigenvalue weighted by Crippen LogP contribution is -2.52. The Hall–Kier alpha value is -3.42. The van der Waals surface area contributed by atoms with Crippen LogP contribution < -0.4 is 9.64 Å². The summed E-state index contributed by atoms with van der Waals surface area (Å²) in [7, 11) is 0. The predicted octanol–water partition coefficient (Wildman–Crippen LogP) is 5.37. The van der Waals surface area contributed by atoms with E-state index in [1.54, 1.807) is 11.3 Å². The number of thiazole rings is 1. The number of hydrogen-bond acceptors (Lipinski definition) is 6. The van der Waals surface area contributed by atoms with Crippen molar-refractivity contribution >= 4 is 28.3 Å². The van der Waals surface area contributed by atoms with Crippen LogP contribution in [0, 0.1) is 11.8 Å². The Morgan fingerprint density at radius 1 is 1.25 bits per heavy atom. The minimum absolute atomic E-state index is 0.0381. The fraction of sp³-hybridized carbons (Fsp3) is 0.310. The summed E-state index contributed by atoms with van der Waals surface area (Å²) in [6.45, 7) is 3.51. The molecule has 6 rings (SSSR count). The van der Waals surface area contributed by atoms with Crippen molar-refractivity contribution in [3.8, 4) is 17.0 Å². The molecule has 0 amide bonds. The van der Waals surface area contributed by atoms with Gasteiger partial charge in [-0.25, -0.2) is 4.98 Å². The third-order valence-electron chi connectivity index (χ3n) is 7.12. The van der Waals surface area contributed by atoms with Crippen molar-refractivity contribution in [3.63, 3.8) is 0 Å². The molecule has 2 N–H and O–H groups in total. The van der Waals surface area contributed by atoms with Crippen LogP contribution in [-0.2, 0) is 11.2 Å². The molecule has 3 aliphatic rings. The third kappa shape index (κ3) is 4.33. The van der Waals surface area contributed by atoms with Crippen LogP contribution in [0.5, 0.6) is 5.75 Å². The number of H-pyrrole nitrogens is 1. The molecule has 0 saturated carbocycles.